The smallest absolute Gasteiger partial charge is 0.444 e. The first-order chi connectivity index (χ1) is 16.7. The van der Waals surface area contributed by atoms with Crippen LogP contribution in [0.4, 0.5) is 29.6 Å². The average Bonchev–Trinajstić information content (AvgIpc) is 2.78. The number of hydrogen-bond donors (Lipinski definition) is 0. The van der Waals surface area contributed by atoms with E-state index in [1.165, 1.54) is 0 Å². The van der Waals surface area contributed by atoms with Crippen LogP contribution in [0.2, 0.25) is 0 Å². The summed E-state index contributed by atoms with van der Waals surface area (Å²) in [6.07, 6.45) is -4.71. The van der Waals surface area contributed by atoms with Gasteiger partial charge in [-0.3, -0.25) is 9.69 Å². The molecule has 4 heterocycles. The van der Waals surface area contributed by atoms with Crippen LogP contribution in [-0.2, 0) is 15.7 Å². The summed E-state index contributed by atoms with van der Waals surface area (Å²) >= 11 is 0. The lowest BCUT2D eigenvalue weighted by molar-refractivity contribution is -0.144. The molecule has 0 aromatic carbocycles. The summed E-state index contributed by atoms with van der Waals surface area (Å²) in [4.78, 5) is 39.5. The lowest BCUT2D eigenvalue weighted by atomic mass is 9.95. The molecule has 0 N–H and O–H groups in total. The van der Waals surface area contributed by atoms with E-state index in [0.717, 1.165) is 0 Å². The van der Waals surface area contributed by atoms with Crippen molar-refractivity contribution in [2.75, 3.05) is 55.6 Å². The predicted molar refractivity (Wildman–Crippen MR) is 128 cm³/mol. The van der Waals surface area contributed by atoms with Crippen molar-refractivity contribution >= 4 is 23.5 Å². The molecule has 12 heteroatoms. The Morgan fingerprint density at radius 2 is 1.64 bits per heavy atom. The molecule has 0 bridgehead atoms. The van der Waals surface area contributed by atoms with Crippen molar-refractivity contribution in [3.63, 3.8) is 0 Å². The Labute approximate surface area is 209 Å². The number of ether oxygens (including phenoxy) is 1. The quantitative estimate of drug-likeness (QED) is 0.612. The van der Waals surface area contributed by atoms with Gasteiger partial charge in [0, 0.05) is 76.3 Å². The zero-order chi connectivity index (χ0) is 26.4. The van der Waals surface area contributed by atoms with E-state index in [4.69, 9.17) is 4.74 Å². The fourth-order valence-electron chi connectivity index (χ4n) is 4.96. The molecule has 0 saturated carbocycles. The second-order valence-corrected chi connectivity index (χ2v) is 10.9. The summed E-state index contributed by atoms with van der Waals surface area (Å²) in [6, 6.07) is 1.69. The van der Waals surface area contributed by atoms with Gasteiger partial charge >= 0.3 is 12.3 Å². The molecule has 3 aliphatic rings. The van der Waals surface area contributed by atoms with E-state index < -0.39 is 17.6 Å². The minimum absolute atomic E-state index is 0.0521. The monoisotopic (exact) mass is 512 g/mol. The number of halogens is 3. The minimum Gasteiger partial charge on any atom is -0.444 e. The summed E-state index contributed by atoms with van der Waals surface area (Å²) in [7, 11) is 0. The number of aromatic nitrogens is 2. The first-order valence-electron chi connectivity index (χ1n) is 12.5. The number of hydrogen-bond acceptors (Lipinski definition) is 8. The van der Waals surface area contributed by atoms with Gasteiger partial charge in [0.2, 0.25) is 5.82 Å². The number of piperazine rings is 1. The molecule has 9 nitrogen and oxygen atoms in total. The molecule has 1 aromatic rings. The Bertz CT molecular complexity index is 990. The first kappa shape index (κ1) is 26.4. The second kappa shape index (κ2) is 9.68. The van der Waals surface area contributed by atoms with E-state index in [-0.39, 0.29) is 41.5 Å². The normalized spacial score (nSPS) is 26.2. The molecule has 3 fully saturated rings. The van der Waals surface area contributed by atoms with Crippen LogP contribution in [0.5, 0.6) is 0 Å². The van der Waals surface area contributed by atoms with E-state index in [1.54, 1.807) is 22.8 Å². The number of amides is 1. The maximum Gasteiger partial charge on any atom is 0.451 e. The lowest BCUT2D eigenvalue weighted by Gasteiger charge is -2.53. The summed E-state index contributed by atoms with van der Waals surface area (Å²) in [5.41, 5.74) is -0.551. The van der Waals surface area contributed by atoms with E-state index >= 15 is 0 Å². The average molecular weight is 513 g/mol. The molecule has 0 radical (unpaired) electrons. The van der Waals surface area contributed by atoms with Gasteiger partial charge in [0.1, 0.15) is 23.0 Å². The third-order valence-corrected chi connectivity index (χ3v) is 7.11. The Hall–Kier alpha value is -2.63. The van der Waals surface area contributed by atoms with Crippen LogP contribution in [0.1, 0.15) is 46.9 Å². The summed E-state index contributed by atoms with van der Waals surface area (Å²) in [6.45, 7) is 12.9. The van der Waals surface area contributed by atoms with Crippen molar-refractivity contribution in [2.45, 2.75) is 64.9 Å². The molecule has 3 aliphatic heterocycles. The van der Waals surface area contributed by atoms with Gasteiger partial charge in [0.25, 0.3) is 0 Å². The van der Waals surface area contributed by atoms with Crippen molar-refractivity contribution < 1.29 is 27.5 Å². The van der Waals surface area contributed by atoms with E-state index in [2.05, 4.69) is 14.9 Å². The van der Waals surface area contributed by atoms with Crippen molar-refractivity contribution in [3.05, 3.63) is 11.9 Å². The molecule has 1 amide bonds. The summed E-state index contributed by atoms with van der Waals surface area (Å²) < 4.78 is 46.4. The van der Waals surface area contributed by atoms with Crippen molar-refractivity contribution in [1.82, 2.24) is 19.8 Å². The molecule has 0 spiro atoms. The number of anilines is 2. The van der Waals surface area contributed by atoms with Gasteiger partial charge in [0.05, 0.1) is 0 Å². The minimum atomic E-state index is -4.67. The zero-order valence-corrected chi connectivity index (χ0v) is 21.5. The Morgan fingerprint density at radius 1 is 1.00 bits per heavy atom. The van der Waals surface area contributed by atoms with Gasteiger partial charge in [-0.25, -0.2) is 14.8 Å². The van der Waals surface area contributed by atoms with Crippen LogP contribution >= 0.6 is 0 Å². The van der Waals surface area contributed by atoms with E-state index in [1.807, 2.05) is 32.6 Å². The van der Waals surface area contributed by atoms with Gasteiger partial charge in [0.15, 0.2) is 0 Å². The number of alkyl halides is 3. The number of nitrogens with zero attached hydrogens (tertiary/aromatic N) is 6. The SMILES string of the molecule is CC1CN(c2cc(N3C[C@@H](N4CCN(C(=O)OC(C)(C)C)CC4)[C@H]3C)nc(C(F)(F)F)n2)CCC1=O. The number of carbonyl (C=O) groups is 2. The third kappa shape index (κ3) is 5.68. The van der Waals surface area contributed by atoms with Gasteiger partial charge in [-0.15, -0.1) is 0 Å². The van der Waals surface area contributed by atoms with Crippen LogP contribution in [0, 0.1) is 5.92 Å². The Kier molecular flexibility index (Phi) is 7.11. The lowest BCUT2D eigenvalue weighted by Crippen LogP contribution is -2.68. The van der Waals surface area contributed by atoms with Gasteiger partial charge in [-0.2, -0.15) is 13.2 Å². The van der Waals surface area contributed by atoms with Crippen molar-refractivity contribution in [2.24, 2.45) is 5.92 Å². The molecule has 3 atom stereocenters. The molecule has 1 unspecified atom stereocenters. The number of carbonyl (C=O) groups excluding carboxylic acids is 2. The number of ketones is 1. The van der Waals surface area contributed by atoms with Crippen molar-refractivity contribution in [3.8, 4) is 0 Å². The molecule has 0 aliphatic carbocycles. The Balaban J connectivity index is 1.43. The fourth-order valence-corrected chi connectivity index (χ4v) is 4.96. The molecule has 200 valence electrons. The highest BCUT2D eigenvalue weighted by molar-refractivity contribution is 5.83. The first-order valence-corrected chi connectivity index (χ1v) is 12.5. The van der Waals surface area contributed by atoms with Crippen LogP contribution in [0.3, 0.4) is 0 Å². The highest BCUT2D eigenvalue weighted by atomic mass is 19.4. The van der Waals surface area contributed by atoms with E-state index in [9.17, 15) is 22.8 Å². The molecule has 36 heavy (non-hydrogen) atoms. The maximum atomic E-state index is 13.6. The zero-order valence-electron chi connectivity index (χ0n) is 21.5. The maximum absolute atomic E-state index is 13.6. The van der Waals surface area contributed by atoms with Crippen LogP contribution in [0.25, 0.3) is 0 Å². The van der Waals surface area contributed by atoms with Crippen LogP contribution in [-0.4, -0.2) is 95.1 Å². The van der Waals surface area contributed by atoms with Gasteiger partial charge in [-0.1, -0.05) is 6.92 Å². The fraction of sp³-hybridized carbons (Fsp3) is 0.750. The predicted octanol–water partition coefficient (Wildman–Crippen LogP) is 3.04. The van der Waals surface area contributed by atoms with Gasteiger partial charge < -0.3 is 19.4 Å². The second-order valence-electron chi connectivity index (χ2n) is 10.9. The third-order valence-electron chi connectivity index (χ3n) is 7.11. The molecule has 3 saturated heterocycles. The summed E-state index contributed by atoms with van der Waals surface area (Å²) in [5, 5.41) is 0. The number of piperidine rings is 1. The molecular weight excluding hydrogens is 477 g/mol. The molecule has 1 aromatic heterocycles. The van der Waals surface area contributed by atoms with Crippen LogP contribution < -0.4 is 9.80 Å². The highest BCUT2D eigenvalue weighted by Gasteiger charge is 2.43. The number of Topliss-reactive ketones (excluding diaryl/α,β-unsaturated/α-hetero) is 1. The summed E-state index contributed by atoms with van der Waals surface area (Å²) in [5.74, 6) is -0.858. The van der Waals surface area contributed by atoms with Crippen LogP contribution in [0.15, 0.2) is 6.07 Å². The highest BCUT2D eigenvalue weighted by Crippen LogP contribution is 2.35. The van der Waals surface area contributed by atoms with Gasteiger partial charge in [-0.05, 0) is 27.7 Å². The van der Waals surface area contributed by atoms with Crippen molar-refractivity contribution in [1.29, 1.82) is 0 Å². The number of rotatable bonds is 3. The van der Waals surface area contributed by atoms with E-state index in [0.29, 0.717) is 52.2 Å². The topological polar surface area (TPSA) is 82.1 Å². The standard InChI is InChI=1S/C24H35F3N6O3/c1-15-13-32(7-6-18(15)34)19-12-20(29-21(28-19)24(25,26)27)33-14-17(16(33)2)30-8-10-31(11-9-30)22(35)36-23(3,4)5/h12,15-17H,6-11,13-14H2,1-5H3/t15?,16-,17-/m1/s1. The molecule has 4 rings (SSSR count). The Morgan fingerprint density at radius 3 is 2.19 bits per heavy atom. The largest absolute Gasteiger partial charge is 0.451 e. The molecular formula is C24H35F3N6O3.